The number of ether oxygens (including phenoxy) is 1. The molecular formula is C12H18N2OS. The number of thiazole rings is 1. The number of hydrogen-bond donors (Lipinski definition) is 1. The Morgan fingerprint density at radius 2 is 2.19 bits per heavy atom. The molecule has 0 aromatic carbocycles. The highest BCUT2D eigenvalue weighted by atomic mass is 32.1. The summed E-state index contributed by atoms with van der Waals surface area (Å²) in [6, 6.07) is 0. The molecule has 0 spiro atoms. The smallest absolute Gasteiger partial charge is 0.0960 e. The minimum absolute atomic E-state index is 0.341. The van der Waals surface area contributed by atoms with Crippen LogP contribution in [0.5, 0.6) is 0 Å². The van der Waals surface area contributed by atoms with E-state index in [1.165, 1.54) is 35.6 Å². The van der Waals surface area contributed by atoms with Crippen LogP contribution in [-0.4, -0.2) is 24.7 Å². The minimum Gasteiger partial charge on any atom is -0.373 e. The van der Waals surface area contributed by atoms with E-state index in [2.05, 4.69) is 10.3 Å². The van der Waals surface area contributed by atoms with Crippen LogP contribution in [-0.2, 0) is 4.74 Å². The monoisotopic (exact) mass is 238 g/mol. The van der Waals surface area contributed by atoms with Gasteiger partial charge in [0.2, 0.25) is 0 Å². The van der Waals surface area contributed by atoms with Crippen LogP contribution in [0.2, 0.25) is 0 Å². The maximum absolute atomic E-state index is 5.70. The fourth-order valence-electron chi connectivity index (χ4n) is 2.51. The molecule has 2 fully saturated rings. The Hall–Kier alpha value is -0.450. The Morgan fingerprint density at radius 1 is 1.31 bits per heavy atom. The first-order valence-electron chi connectivity index (χ1n) is 6.21. The van der Waals surface area contributed by atoms with Crippen LogP contribution in [0.15, 0.2) is 6.20 Å². The summed E-state index contributed by atoms with van der Waals surface area (Å²) in [6.07, 6.45) is 7.22. The third-order valence-electron chi connectivity index (χ3n) is 3.48. The minimum atomic E-state index is 0.341. The molecule has 0 saturated carbocycles. The maximum atomic E-state index is 5.70. The van der Waals surface area contributed by atoms with E-state index in [0.717, 1.165) is 19.7 Å². The lowest BCUT2D eigenvalue weighted by Gasteiger charge is -2.20. The van der Waals surface area contributed by atoms with E-state index in [1.807, 2.05) is 17.5 Å². The fraction of sp³-hybridized carbons (Fsp3) is 0.750. The molecule has 2 aliphatic rings. The molecule has 3 heterocycles. The normalized spacial score (nSPS) is 27.4. The molecule has 2 aliphatic heterocycles. The van der Waals surface area contributed by atoms with Crippen LogP contribution in [0.1, 0.15) is 47.6 Å². The summed E-state index contributed by atoms with van der Waals surface area (Å²) < 4.78 is 5.70. The Morgan fingerprint density at radius 3 is 2.94 bits per heavy atom. The van der Waals surface area contributed by atoms with Gasteiger partial charge in [0, 0.05) is 18.7 Å². The first kappa shape index (κ1) is 10.7. The van der Waals surface area contributed by atoms with Gasteiger partial charge in [0.05, 0.1) is 16.0 Å². The second-order valence-electron chi connectivity index (χ2n) is 4.63. The van der Waals surface area contributed by atoms with Gasteiger partial charge < -0.3 is 10.1 Å². The third kappa shape index (κ3) is 2.14. The molecule has 3 rings (SSSR count). The van der Waals surface area contributed by atoms with Gasteiger partial charge in [-0.05, 0) is 38.8 Å². The molecule has 1 atom stereocenters. The number of aromatic nitrogens is 1. The molecule has 0 radical (unpaired) electrons. The van der Waals surface area contributed by atoms with Gasteiger partial charge >= 0.3 is 0 Å². The van der Waals surface area contributed by atoms with Gasteiger partial charge in [-0.2, -0.15) is 0 Å². The van der Waals surface area contributed by atoms with Crippen LogP contribution in [0.25, 0.3) is 0 Å². The van der Waals surface area contributed by atoms with Crippen molar-refractivity contribution in [1.29, 1.82) is 0 Å². The predicted octanol–water partition coefficient (Wildman–Crippen LogP) is 2.46. The first-order valence-corrected chi connectivity index (χ1v) is 7.03. The van der Waals surface area contributed by atoms with Crippen molar-refractivity contribution >= 4 is 11.3 Å². The van der Waals surface area contributed by atoms with E-state index in [0.29, 0.717) is 12.0 Å². The molecule has 0 amide bonds. The maximum Gasteiger partial charge on any atom is 0.0960 e. The van der Waals surface area contributed by atoms with Crippen LogP contribution < -0.4 is 5.32 Å². The molecule has 0 bridgehead atoms. The van der Waals surface area contributed by atoms with E-state index < -0.39 is 0 Å². The number of rotatable bonds is 2. The van der Waals surface area contributed by atoms with Crippen molar-refractivity contribution in [3.05, 3.63) is 16.1 Å². The van der Waals surface area contributed by atoms with Crippen LogP contribution in [0.3, 0.4) is 0 Å². The Bertz CT molecular complexity index is 341. The summed E-state index contributed by atoms with van der Waals surface area (Å²) in [6.45, 7) is 3.20. The van der Waals surface area contributed by atoms with Crippen molar-refractivity contribution in [3.8, 4) is 0 Å². The number of nitrogens with zero attached hydrogens (tertiary/aromatic N) is 1. The molecule has 3 nitrogen and oxygen atoms in total. The Balaban J connectivity index is 1.71. The summed E-state index contributed by atoms with van der Waals surface area (Å²) in [5, 5.41) is 4.72. The fourth-order valence-corrected chi connectivity index (χ4v) is 3.68. The van der Waals surface area contributed by atoms with E-state index in [4.69, 9.17) is 4.74 Å². The summed E-state index contributed by atoms with van der Waals surface area (Å²) in [5.74, 6) is 0.682. The van der Waals surface area contributed by atoms with Gasteiger partial charge in [-0.15, -0.1) is 11.3 Å². The molecule has 16 heavy (non-hydrogen) atoms. The highest BCUT2D eigenvalue weighted by Gasteiger charge is 2.23. The van der Waals surface area contributed by atoms with Gasteiger partial charge in [0.25, 0.3) is 0 Å². The molecular weight excluding hydrogens is 220 g/mol. The third-order valence-corrected chi connectivity index (χ3v) is 4.73. The van der Waals surface area contributed by atoms with Gasteiger partial charge in [-0.1, -0.05) is 0 Å². The molecule has 1 N–H and O–H groups in total. The average molecular weight is 238 g/mol. The largest absolute Gasteiger partial charge is 0.373 e. The van der Waals surface area contributed by atoms with Crippen molar-refractivity contribution in [1.82, 2.24) is 10.3 Å². The highest BCUT2D eigenvalue weighted by Crippen LogP contribution is 2.36. The van der Waals surface area contributed by atoms with Crippen LogP contribution >= 0.6 is 11.3 Å². The van der Waals surface area contributed by atoms with Crippen molar-refractivity contribution < 1.29 is 4.74 Å². The first-order chi connectivity index (χ1) is 7.93. The molecule has 1 aromatic rings. The summed E-state index contributed by atoms with van der Waals surface area (Å²) in [5.41, 5.74) is 0. The lowest BCUT2D eigenvalue weighted by molar-refractivity contribution is 0.114. The summed E-state index contributed by atoms with van der Waals surface area (Å²) in [7, 11) is 0. The van der Waals surface area contributed by atoms with Crippen molar-refractivity contribution in [2.75, 3.05) is 19.7 Å². The molecule has 88 valence electrons. The van der Waals surface area contributed by atoms with E-state index in [1.54, 1.807) is 0 Å². The Kier molecular flexibility index (Phi) is 3.22. The number of hydrogen-bond acceptors (Lipinski definition) is 4. The summed E-state index contributed by atoms with van der Waals surface area (Å²) in [4.78, 5) is 5.93. The predicted molar refractivity (Wildman–Crippen MR) is 64.9 cm³/mol. The van der Waals surface area contributed by atoms with Gasteiger partial charge in [0.1, 0.15) is 0 Å². The average Bonchev–Trinajstić information content (AvgIpc) is 3.01. The van der Waals surface area contributed by atoms with Crippen LogP contribution in [0.4, 0.5) is 0 Å². The lowest BCUT2D eigenvalue weighted by Crippen LogP contribution is -2.26. The number of nitrogens with one attached hydrogen (secondary N) is 1. The zero-order valence-electron chi connectivity index (χ0n) is 9.45. The van der Waals surface area contributed by atoms with Crippen molar-refractivity contribution in [3.63, 3.8) is 0 Å². The highest BCUT2D eigenvalue weighted by molar-refractivity contribution is 7.11. The lowest BCUT2D eigenvalue weighted by atomic mass is 9.99. The zero-order chi connectivity index (χ0) is 10.8. The van der Waals surface area contributed by atoms with Crippen LogP contribution in [0, 0.1) is 0 Å². The quantitative estimate of drug-likeness (QED) is 0.859. The molecule has 1 aromatic heterocycles. The topological polar surface area (TPSA) is 34.2 Å². The van der Waals surface area contributed by atoms with E-state index in [-0.39, 0.29) is 0 Å². The van der Waals surface area contributed by atoms with Gasteiger partial charge in [-0.25, -0.2) is 4.98 Å². The van der Waals surface area contributed by atoms with E-state index in [9.17, 15) is 0 Å². The standard InChI is InChI=1S/C12H18N2OS/c1-2-10(15-7-1)11-8-14-12(16-11)9-3-5-13-6-4-9/h8-10,13H,1-7H2. The second-order valence-corrected chi connectivity index (χ2v) is 5.72. The Labute approximate surface area is 100 Å². The molecule has 2 saturated heterocycles. The summed E-state index contributed by atoms with van der Waals surface area (Å²) >= 11 is 1.87. The number of piperidine rings is 1. The second kappa shape index (κ2) is 4.82. The van der Waals surface area contributed by atoms with Crippen molar-refractivity contribution in [2.24, 2.45) is 0 Å². The van der Waals surface area contributed by atoms with Gasteiger partial charge in [0.15, 0.2) is 0 Å². The van der Waals surface area contributed by atoms with E-state index >= 15 is 0 Å². The molecule has 0 aliphatic carbocycles. The molecule has 4 heteroatoms. The zero-order valence-corrected chi connectivity index (χ0v) is 10.3. The molecule has 1 unspecified atom stereocenters. The van der Waals surface area contributed by atoms with Crippen molar-refractivity contribution in [2.45, 2.75) is 37.7 Å². The van der Waals surface area contributed by atoms with Gasteiger partial charge in [-0.3, -0.25) is 0 Å². The SMILES string of the molecule is c1nc(C2CCNCC2)sc1C1CCCO1.